The molecule has 37 heavy (non-hydrogen) atoms. The Morgan fingerprint density at radius 3 is 2.03 bits per heavy atom. The van der Waals surface area contributed by atoms with Crippen LogP contribution in [0.15, 0.2) is 11.6 Å². The normalized spacial score (nSPS) is 38.5. The molecule has 11 heteroatoms. The molecular formula is C26H36O11. The molecular weight excluding hydrogens is 488 g/mol. The third-order valence-corrected chi connectivity index (χ3v) is 8.47. The Morgan fingerprint density at radius 2 is 1.57 bits per heavy atom. The number of ketones is 1. The first-order valence-electron chi connectivity index (χ1n) is 12.3. The van der Waals surface area contributed by atoms with Gasteiger partial charge in [0.1, 0.15) is 17.5 Å². The molecule has 3 aliphatic rings. The minimum absolute atomic E-state index is 0.0600. The van der Waals surface area contributed by atoms with Gasteiger partial charge in [0.2, 0.25) is 6.29 Å². The number of fused-ring (bicyclic) bond motifs is 1. The van der Waals surface area contributed by atoms with Gasteiger partial charge in [-0.2, -0.15) is 0 Å². The molecule has 8 atom stereocenters. The van der Waals surface area contributed by atoms with E-state index in [4.69, 9.17) is 18.9 Å². The summed E-state index contributed by atoms with van der Waals surface area (Å²) in [5.74, 6) is -5.53. The molecule has 0 bridgehead atoms. The van der Waals surface area contributed by atoms with Crippen molar-refractivity contribution >= 4 is 29.7 Å². The van der Waals surface area contributed by atoms with Crippen molar-refractivity contribution in [1.29, 1.82) is 0 Å². The number of aliphatic hydroxyl groups excluding tert-OH is 1. The highest BCUT2D eigenvalue weighted by atomic mass is 16.6. The van der Waals surface area contributed by atoms with E-state index in [1.54, 1.807) is 20.8 Å². The van der Waals surface area contributed by atoms with Gasteiger partial charge in [0.15, 0.2) is 12.2 Å². The number of aliphatic hydroxyl groups is 2. The van der Waals surface area contributed by atoms with Crippen LogP contribution >= 0.6 is 0 Å². The zero-order valence-corrected chi connectivity index (χ0v) is 22.2. The number of carbonyl (C=O) groups is 5. The Balaban J connectivity index is 2.37. The van der Waals surface area contributed by atoms with Gasteiger partial charge in [-0.25, -0.2) is 4.79 Å². The summed E-state index contributed by atoms with van der Waals surface area (Å²) < 4.78 is 21.8. The lowest BCUT2D eigenvalue weighted by molar-refractivity contribution is -0.332. The van der Waals surface area contributed by atoms with E-state index in [1.165, 1.54) is 19.9 Å². The fourth-order valence-corrected chi connectivity index (χ4v) is 6.94. The van der Waals surface area contributed by atoms with Crippen LogP contribution < -0.4 is 0 Å². The molecule has 0 unspecified atom stereocenters. The zero-order valence-electron chi connectivity index (χ0n) is 22.2. The standard InChI is InChI=1S/C26H36O11/c1-12(27)20-17(10-16-11-19(31)37-23(16)32)25(7)18(34-13(2)28)8-9-24(5,6)26(25,33)22(36-15(4)30)21(20)35-14(3)29/h11,17-22,31,33H,8-10H2,1-7H3/t17-,18-,19-,20-,21+,22-,25-,26+/m0/s1. The fraction of sp³-hybridized carbons (Fsp3) is 0.731. The molecule has 0 spiro atoms. The number of rotatable bonds is 6. The maximum absolute atomic E-state index is 13.3. The van der Waals surface area contributed by atoms with E-state index in [9.17, 15) is 34.2 Å². The van der Waals surface area contributed by atoms with Crippen LogP contribution in [0.25, 0.3) is 0 Å². The van der Waals surface area contributed by atoms with Crippen LogP contribution in [-0.2, 0) is 42.9 Å². The van der Waals surface area contributed by atoms with Crippen molar-refractivity contribution in [3.63, 3.8) is 0 Å². The second-order valence-corrected chi connectivity index (χ2v) is 11.1. The molecule has 0 aromatic carbocycles. The molecule has 1 heterocycles. The van der Waals surface area contributed by atoms with Gasteiger partial charge in [0.05, 0.1) is 5.92 Å². The number of esters is 4. The molecule has 0 aromatic heterocycles. The van der Waals surface area contributed by atoms with E-state index < -0.39 is 82.5 Å². The van der Waals surface area contributed by atoms with E-state index in [1.807, 2.05) is 0 Å². The number of ether oxygens (including phenoxy) is 4. The van der Waals surface area contributed by atoms with Crippen LogP contribution in [0.1, 0.15) is 67.7 Å². The molecule has 1 aliphatic heterocycles. The summed E-state index contributed by atoms with van der Waals surface area (Å²) in [6.07, 6.45) is -3.64. The lowest BCUT2D eigenvalue weighted by atomic mass is 9.40. The number of hydrogen-bond donors (Lipinski definition) is 2. The highest BCUT2D eigenvalue weighted by Gasteiger charge is 2.76. The average molecular weight is 525 g/mol. The van der Waals surface area contributed by atoms with Crippen molar-refractivity contribution in [2.45, 2.75) is 97.9 Å². The van der Waals surface area contributed by atoms with Crippen molar-refractivity contribution in [2.24, 2.45) is 22.7 Å². The quantitative estimate of drug-likeness (QED) is 0.381. The summed E-state index contributed by atoms with van der Waals surface area (Å²) in [5.41, 5.74) is -4.42. The topological polar surface area (TPSA) is 163 Å². The van der Waals surface area contributed by atoms with Crippen molar-refractivity contribution in [3.8, 4) is 0 Å². The average Bonchev–Trinajstić information content (AvgIpc) is 3.06. The van der Waals surface area contributed by atoms with Gasteiger partial charge in [0.25, 0.3) is 0 Å². The Hall–Kier alpha value is -2.79. The van der Waals surface area contributed by atoms with Gasteiger partial charge in [-0.1, -0.05) is 20.8 Å². The first kappa shape index (κ1) is 28.8. The second kappa shape index (κ2) is 9.83. The Kier molecular flexibility index (Phi) is 7.64. The lowest BCUT2D eigenvalue weighted by Gasteiger charge is -2.68. The van der Waals surface area contributed by atoms with E-state index in [2.05, 4.69) is 0 Å². The summed E-state index contributed by atoms with van der Waals surface area (Å²) >= 11 is 0. The highest BCUT2D eigenvalue weighted by molar-refractivity contribution is 5.91. The molecule has 0 radical (unpaired) electrons. The van der Waals surface area contributed by atoms with Crippen LogP contribution in [0.4, 0.5) is 0 Å². The predicted octanol–water partition coefficient (Wildman–Crippen LogP) is 1.37. The Morgan fingerprint density at radius 1 is 1.00 bits per heavy atom. The van der Waals surface area contributed by atoms with Crippen LogP contribution in [-0.4, -0.2) is 70.1 Å². The third kappa shape index (κ3) is 4.67. The smallest absolute Gasteiger partial charge is 0.336 e. The summed E-state index contributed by atoms with van der Waals surface area (Å²) in [7, 11) is 0. The number of hydrogen-bond acceptors (Lipinski definition) is 11. The Labute approximate surface area is 215 Å². The Bertz CT molecular complexity index is 1030. The molecule has 2 N–H and O–H groups in total. The van der Waals surface area contributed by atoms with E-state index in [-0.39, 0.29) is 12.0 Å². The van der Waals surface area contributed by atoms with Crippen molar-refractivity contribution < 1.29 is 53.1 Å². The maximum atomic E-state index is 13.3. The molecule has 2 fully saturated rings. The molecule has 0 aromatic rings. The minimum Gasteiger partial charge on any atom is -0.462 e. The molecule has 3 rings (SSSR count). The highest BCUT2D eigenvalue weighted by Crippen LogP contribution is 2.66. The molecule has 11 nitrogen and oxygen atoms in total. The molecule has 206 valence electrons. The first-order chi connectivity index (χ1) is 17.0. The number of cyclic esters (lactones) is 1. The lowest BCUT2D eigenvalue weighted by Crippen LogP contribution is -2.80. The van der Waals surface area contributed by atoms with E-state index in [0.29, 0.717) is 12.8 Å². The van der Waals surface area contributed by atoms with Crippen LogP contribution in [0, 0.1) is 22.7 Å². The van der Waals surface area contributed by atoms with Crippen molar-refractivity contribution in [1.82, 2.24) is 0 Å². The molecule has 2 aliphatic carbocycles. The molecule has 2 saturated carbocycles. The zero-order chi connectivity index (χ0) is 28.1. The van der Waals surface area contributed by atoms with Gasteiger partial charge in [-0.3, -0.25) is 19.2 Å². The van der Waals surface area contributed by atoms with Crippen molar-refractivity contribution in [2.75, 3.05) is 0 Å². The van der Waals surface area contributed by atoms with Gasteiger partial charge in [0, 0.05) is 31.8 Å². The van der Waals surface area contributed by atoms with Crippen molar-refractivity contribution in [3.05, 3.63) is 11.6 Å². The first-order valence-corrected chi connectivity index (χ1v) is 12.3. The predicted molar refractivity (Wildman–Crippen MR) is 125 cm³/mol. The maximum Gasteiger partial charge on any atom is 0.336 e. The number of Topliss-reactive ketones (excluding diaryl/α,β-unsaturated/α-hetero) is 1. The van der Waals surface area contributed by atoms with E-state index in [0.717, 1.165) is 13.8 Å². The molecule has 0 amide bonds. The van der Waals surface area contributed by atoms with Crippen LogP contribution in [0.2, 0.25) is 0 Å². The van der Waals surface area contributed by atoms with Gasteiger partial charge >= 0.3 is 23.9 Å². The largest absolute Gasteiger partial charge is 0.462 e. The fourth-order valence-electron chi connectivity index (χ4n) is 6.94. The number of carbonyl (C=O) groups excluding carboxylic acids is 5. The monoisotopic (exact) mass is 524 g/mol. The van der Waals surface area contributed by atoms with Gasteiger partial charge in [-0.15, -0.1) is 0 Å². The van der Waals surface area contributed by atoms with Gasteiger partial charge < -0.3 is 29.2 Å². The summed E-state index contributed by atoms with van der Waals surface area (Å²) in [6, 6.07) is 0. The van der Waals surface area contributed by atoms with Gasteiger partial charge in [-0.05, 0) is 43.6 Å². The summed E-state index contributed by atoms with van der Waals surface area (Å²) in [5, 5.41) is 22.6. The minimum atomic E-state index is -2.00. The molecule has 0 saturated heterocycles. The van der Waals surface area contributed by atoms with Crippen LogP contribution in [0.3, 0.4) is 0 Å². The summed E-state index contributed by atoms with van der Waals surface area (Å²) in [4.78, 5) is 62.5. The van der Waals surface area contributed by atoms with E-state index >= 15 is 0 Å². The SMILES string of the molecule is CC(=O)O[C@@H]1[C@@H](C(C)=O)[C@H](CC2=C[C@@H](O)OC2=O)[C@@]2(C)[C@@H](OC(C)=O)CCC(C)(C)[C@]2(O)[C@H]1OC(C)=O. The van der Waals surface area contributed by atoms with Crippen LogP contribution in [0.5, 0.6) is 0 Å². The third-order valence-electron chi connectivity index (χ3n) is 8.47. The second-order valence-electron chi connectivity index (χ2n) is 11.1. The summed E-state index contributed by atoms with van der Waals surface area (Å²) in [6.45, 7) is 9.93.